The zero-order valence-electron chi connectivity index (χ0n) is 40.0. The molecule has 3 saturated heterocycles. The van der Waals surface area contributed by atoms with E-state index in [0.29, 0.717) is 42.1 Å². The summed E-state index contributed by atoms with van der Waals surface area (Å²) in [5.41, 5.74) is 5.75. The summed E-state index contributed by atoms with van der Waals surface area (Å²) < 4.78 is 48.1. The molecule has 2 N–H and O–H groups in total. The fourth-order valence-electron chi connectivity index (χ4n) is 10.8. The van der Waals surface area contributed by atoms with Crippen molar-refractivity contribution in [2.45, 2.75) is 69.9 Å². The first kappa shape index (κ1) is 48.1. The van der Waals surface area contributed by atoms with Crippen molar-refractivity contribution in [3.63, 3.8) is 0 Å². The molecule has 0 unspecified atom stereocenters. The lowest BCUT2D eigenvalue weighted by molar-refractivity contribution is -0.386. The molecule has 5 aromatic rings. The van der Waals surface area contributed by atoms with Crippen LogP contribution in [0.25, 0.3) is 16.6 Å². The van der Waals surface area contributed by atoms with Gasteiger partial charge in [0.15, 0.2) is 0 Å². The Morgan fingerprint density at radius 2 is 1.79 bits per heavy atom. The second kappa shape index (κ2) is 19.9. The number of halogens is 1. The summed E-state index contributed by atoms with van der Waals surface area (Å²) in [6, 6.07) is 20.1. The number of rotatable bonds is 14. The predicted molar refractivity (Wildman–Crippen MR) is 270 cm³/mol. The van der Waals surface area contributed by atoms with Crippen molar-refractivity contribution in [1.29, 1.82) is 0 Å². The Bertz CT molecular complexity index is 2910. The highest BCUT2D eigenvalue weighted by atomic mass is 35.5. The normalized spacial score (nSPS) is 21.5. The third kappa shape index (κ3) is 10.6. The highest BCUT2D eigenvalue weighted by Crippen LogP contribution is 2.44. The summed E-state index contributed by atoms with van der Waals surface area (Å²) in [5, 5.41) is 14.0. The van der Waals surface area contributed by atoms with Gasteiger partial charge in [-0.25, -0.2) is 18.1 Å². The molecule has 0 spiro atoms. The van der Waals surface area contributed by atoms with E-state index in [9.17, 15) is 23.3 Å². The van der Waals surface area contributed by atoms with Crippen LogP contribution in [0.4, 0.5) is 11.4 Å². The SMILES string of the molecule is C[C@H]1CN(CC[C@@H]2COc3cc(S(=O)(=O)NC(=O)c4ccc(N5CCN(CC6=C(c7ccc(Cl)cc7)CC(C)(C)CC6)CC5)cc4Oc4cnc5[nH]ccc5c4)cc([N+](=O)[O-])c3C2)CCN1C1COC1. The van der Waals surface area contributed by atoms with Gasteiger partial charge >= 0.3 is 0 Å². The standard InChI is InChI=1S/C52H61ClN8O8S/c1-34-29-57(18-21-60(34)41-32-67-33-41)15-12-35-22-45-47(61(63)64)25-43(26-48(45)68-31-35)70(65,66)56-51(62)44-9-8-40(24-49(44)69-42-23-37-11-14-54-50(37)55-28-42)59-19-16-58(17-20-59)30-38-10-13-52(2,3)27-46(38)36-4-6-39(53)7-5-36/h4-9,11,14,23-26,28,34-35,41H,10,12-13,15-22,27,29-33H2,1-3H3,(H,54,55)(H,56,62)/t34-,35-/m0/s1. The van der Waals surface area contributed by atoms with E-state index in [1.54, 1.807) is 30.5 Å². The molecule has 3 aromatic carbocycles. The number of allylic oxidation sites excluding steroid dienone is 1. The fourth-order valence-corrected chi connectivity index (χ4v) is 11.9. The molecule has 6 heterocycles. The summed E-state index contributed by atoms with van der Waals surface area (Å²) in [4.78, 5) is 42.8. The zero-order valence-corrected chi connectivity index (χ0v) is 41.6. The predicted octanol–water partition coefficient (Wildman–Crippen LogP) is 8.17. The van der Waals surface area contributed by atoms with E-state index in [1.165, 1.54) is 29.0 Å². The summed E-state index contributed by atoms with van der Waals surface area (Å²) in [5.74, 6) is -0.335. The van der Waals surface area contributed by atoms with Gasteiger partial charge in [-0.2, -0.15) is 0 Å². The van der Waals surface area contributed by atoms with Gasteiger partial charge in [-0.15, -0.1) is 0 Å². The largest absolute Gasteiger partial charge is 0.493 e. The highest BCUT2D eigenvalue weighted by Gasteiger charge is 2.36. The topological polar surface area (TPSA) is 176 Å². The Labute approximate surface area is 414 Å². The molecule has 4 aliphatic heterocycles. The number of piperazine rings is 2. The van der Waals surface area contributed by atoms with Crippen molar-refractivity contribution in [3.8, 4) is 17.2 Å². The molecule has 5 aliphatic rings. The van der Waals surface area contributed by atoms with E-state index >= 15 is 0 Å². The van der Waals surface area contributed by atoms with Gasteiger partial charge in [0.25, 0.3) is 21.6 Å². The first-order valence-corrected chi connectivity index (χ1v) is 26.3. The maximum atomic E-state index is 14.2. The van der Waals surface area contributed by atoms with Gasteiger partial charge in [0.05, 0.1) is 53.0 Å². The number of pyridine rings is 1. The minimum atomic E-state index is -4.64. The van der Waals surface area contributed by atoms with Gasteiger partial charge in [-0.3, -0.25) is 24.7 Å². The molecule has 70 heavy (non-hydrogen) atoms. The van der Waals surface area contributed by atoms with Crippen molar-refractivity contribution >= 4 is 55.5 Å². The average Bonchev–Trinajstić information content (AvgIpc) is 3.79. The summed E-state index contributed by atoms with van der Waals surface area (Å²) in [6.45, 7) is 16.4. The second-order valence-corrected chi connectivity index (χ2v) is 22.5. The number of aromatic amines is 1. The van der Waals surface area contributed by atoms with Gasteiger partial charge in [-0.1, -0.05) is 43.2 Å². The van der Waals surface area contributed by atoms with Crippen molar-refractivity contribution in [2.75, 3.05) is 83.6 Å². The van der Waals surface area contributed by atoms with Gasteiger partial charge in [-0.05, 0) is 104 Å². The third-order valence-corrected chi connectivity index (χ3v) is 16.5. The molecule has 1 amide bonds. The van der Waals surface area contributed by atoms with E-state index in [2.05, 4.69) is 67.2 Å². The van der Waals surface area contributed by atoms with Crippen LogP contribution in [-0.4, -0.2) is 135 Å². The van der Waals surface area contributed by atoms with Gasteiger partial charge in [0, 0.05) is 98.9 Å². The molecule has 2 atom stereocenters. The number of hydrogen-bond acceptors (Lipinski definition) is 13. The number of sulfonamides is 1. The number of nitro benzene ring substituents is 1. The Balaban J connectivity index is 0.837. The lowest BCUT2D eigenvalue weighted by atomic mass is 9.72. The second-order valence-electron chi connectivity index (χ2n) is 20.4. The van der Waals surface area contributed by atoms with Crippen LogP contribution in [0.1, 0.15) is 67.9 Å². The van der Waals surface area contributed by atoms with E-state index in [4.69, 9.17) is 25.8 Å². The number of aromatic nitrogens is 2. The number of fused-ring (bicyclic) bond motifs is 2. The Kier molecular flexibility index (Phi) is 13.7. The Morgan fingerprint density at radius 3 is 2.53 bits per heavy atom. The molecule has 10 rings (SSSR count). The fraction of sp³-hybridized carbons (Fsp3) is 0.462. The van der Waals surface area contributed by atoms with Gasteiger partial charge < -0.3 is 29.0 Å². The lowest BCUT2D eigenvalue weighted by Crippen LogP contribution is -2.60. The summed E-state index contributed by atoms with van der Waals surface area (Å²) in [6.07, 6.45) is 7.64. The van der Waals surface area contributed by atoms with Crippen LogP contribution in [0, 0.1) is 21.4 Å². The van der Waals surface area contributed by atoms with Gasteiger partial charge in [0.2, 0.25) is 0 Å². The van der Waals surface area contributed by atoms with E-state index in [0.717, 1.165) is 120 Å². The molecule has 370 valence electrons. The minimum absolute atomic E-state index is 0.0150. The van der Waals surface area contributed by atoms with Crippen LogP contribution in [-0.2, 0) is 21.2 Å². The van der Waals surface area contributed by atoms with Gasteiger partial charge in [0.1, 0.15) is 22.9 Å². The highest BCUT2D eigenvalue weighted by molar-refractivity contribution is 7.90. The number of amides is 1. The number of nitrogens with one attached hydrogen (secondary N) is 2. The smallest absolute Gasteiger partial charge is 0.277 e. The van der Waals surface area contributed by atoms with Crippen LogP contribution in [0.15, 0.2) is 89.6 Å². The van der Waals surface area contributed by atoms with E-state index in [-0.39, 0.29) is 34.1 Å². The first-order valence-electron chi connectivity index (χ1n) is 24.4. The zero-order chi connectivity index (χ0) is 48.7. The lowest BCUT2D eigenvalue weighted by Gasteiger charge is -2.46. The number of H-pyrrole nitrogens is 1. The molecular formula is C52H61ClN8O8S. The van der Waals surface area contributed by atoms with Crippen LogP contribution < -0.4 is 19.1 Å². The molecule has 0 saturated carbocycles. The molecule has 3 fully saturated rings. The van der Waals surface area contributed by atoms with E-state index in [1.807, 2.05) is 18.2 Å². The maximum Gasteiger partial charge on any atom is 0.277 e. The molecule has 18 heteroatoms. The quantitative estimate of drug-likeness (QED) is 0.0806. The minimum Gasteiger partial charge on any atom is -0.493 e. The van der Waals surface area contributed by atoms with E-state index < -0.39 is 25.7 Å². The molecule has 2 aromatic heterocycles. The van der Waals surface area contributed by atoms with Crippen molar-refractivity contribution in [3.05, 3.63) is 117 Å². The van der Waals surface area contributed by atoms with Crippen molar-refractivity contribution in [2.24, 2.45) is 11.3 Å². The molecule has 1 aliphatic carbocycles. The number of ether oxygens (including phenoxy) is 3. The molecule has 16 nitrogen and oxygen atoms in total. The number of nitro groups is 1. The van der Waals surface area contributed by atoms with Crippen LogP contribution >= 0.6 is 11.6 Å². The number of anilines is 1. The number of nitrogens with zero attached hydrogens (tertiary/aromatic N) is 6. The Hall–Kier alpha value is -5.56. The van der Waals surface area contributed by atoms with Crippen LogP contribution in [0.2, 0.25) is 5.02 Å². The summed E-state index contributed by atoms with van der Waals surface area (Å²) in [7, 11) is -4.64. The summed E-state index contributed by atoms with van der Waals surface area (Å²) >= 11 is 6.26. The number of benzene rings is 3. The Morgan fingerprint density at radius 1 is 1.00 bits per heavy atom. The van der Waals surface area contributed by atoms with Crippen molar-refractivity contribution in [1.82, 2.24) is 29.4 Å². The number of hydrogen-bond donors (Lipinski definition) is 2. The van der Waals surface area contributed by atoms with Crippen LogP contribution in [0.5, 0.6) is 17.2 Å². The maximum absolute atomic E-state index is 14.2. The average molecular weight is 994 g/mol. The van der Waals surface area contributed by atoms with Crippen molar-refractivity contribution < 1.29 is 32.3 Å². The van der Waals surface area contributed by atoms with Crippen LogP contribution in [0.3, 0.4) is 0 Å². The third-order valence-electron chi connectivity index (χ3n) is 14.9. The molecule has 0 bridgehead atoms. The number of carbonyl (C=O) groups is 1. The monoisotopic (exact) mass is 992 g/mol. The molecule has 0 radical (unpaired) electrons. The number of carbonyl (C=O) groups excluding carboxylic acids is 1. The molecular weight excluding hydrogens is 932 g/mol. The first-order chi connectivity index (χ1) is 33.6.